The number of carbonyl (C=O) groups is 1. The van der Waals surface area contributed by atoms with E-state index in [4.69, 9.17) is 0 Å². The Labute approximate surface area is 140 Å². The molecule has 0 amide bonds. The Morgan fingerprint density at radius 1 is 1.00 bits per heavy atom. The maximum Gasteiger partial charge on any atom is 0.250 e. The van der Waals surface area contributed by atoms with E-state index in [0.717, 1.165) is 5.56 Å². The van der Waals surface area contributed by atoms with E-state index < -0.39 is 0 Å². The minimum atomic E-state index is -0.343. The second-order valence-corrected chi connectivity index (χ2v) is 6.56. The molecule has 120 valence electrons. The van der Waals surface area contributed by atoms with E-state index in [0.29, 0.717) is 16.5 Å². The summed E-state index contributed by atoms with van der Waals surface area (Å²) in [5.74, 6) is -0.443. The Kier molecular flexibility index (Phi) is 3.65. The van der Waals surface area contributed by atoms with Gasteiger partial charge in [0.15, 0.2) is 11.0 Å². The lowest BCUT2D eigenvalue weighted by Crippen LogP contribution is -2.20. The highest BCUT2D eigenvalue weighted by Crippen LogP contribution is 2.41. The summed E-state index contributed by atoms with van der Waals surface area (Å²) in [6, 6.07) is 11.9. The molecule has 4 rings (SSSR count). The summed E-state index contributed by atoms with van der Waals surface area (Å²) in [7, 11) is 0. The molecule has 4 nitrogen and oxygen atoms in total. The molecule has 2 heterocycles. The van der Waals surface area contributed by atoms with Gasteiger partial charge < -0.3 is 0 Å². The molecule has 1 aliphatic rings. The second kappa shape index (κ2) is 5.83. The van der Waals surface area contributed by atoms with Gasteiger partial charge in [-0.05, 0) is 42.0 Å². The number of rotatable bonds is 2. The van der Waals surface area contributed by atoms with Gasteiger partial charge in [0.1, 0.15) is 11.6 Å². The molecule has 3 aromatic rings. The van der Waals surface area contributed by atoms with Crippen molar-refractivity contribution in [2.75, 3.05) is 0 Å². The molecule has 0 saturated carbocycles. The molecule has 2 aromatic carbocycles. The number of benzene rings is 2. The molecule has 1 unspecified atom stereocenters. The quantitative estimate of drug-likeness (QED) is 0.703. The Morgan fingerprint density at radius 2 is 1.62 bits per heavy atom. The van der Waals surface area contributed by atoms with Crippen LogP contribution in [-0.4, -0.2) is 20.7 Å². The first-order valence-electron chi connectivity index (χ1n) is 7.28. The molecule has 0 N–H and O–H groups in total. The minimum Gasteiger partial charge on any atom is -0.272 e. The number of thioether (sulfide) groups is 1. The van der Waals surface area contributed by atoms with Crippen molar-refractivity contribution in [3.8, 4) is 11.4 Å². The maximum absolute atomic E-state index is 13.1. The van der Waals surface area contributed by atoms with Gasteiger partial charge in [-0.1, -0.05) is 23.9 Å². The van der Waals surface area contributed by atoms with Crippen LogP contribution in [0.15, 0.2) is 53.7 Å². The monoisotopic (exact) mass is 343 g/mol. The molecule has 0 aliphatic carbocycles. The molecular weight excluding hydrogens is 332 g/mol. The maximum atomic E-state index is 13.1. The topological polar surface area (TPSA) is 47.8 Å². The molecule has 0 saturated heterocycles. The lowest BCUT2D eigenvalue weighted by Gasteiger charge is -2.20. The lowest BCUT2D eigenvalue weighted by molar-refractivity contribution is 0.0868. The Morgan fingerprint density at radius 3 is 2.29 bits per heavy atom. The number of hydrogen-bond donors (Lipinski definition) is 0. The SMILES string of the molecule is O=C1CC(c2ccc(F)cc2)Sc2nc(-c3ccc(F)cc3)nn21. The Bertz CT molecular complexity index is 907. The summed E-state index contributed by atoms with van der Waals surface area (Å²) < 4.78 is 27.4. The van der Waals surface area contributed by atoms with Gasteiger partial charge in [0.05, 0.1) is 0 Å². The van der Waals surface area contributed by atoms with Gasteiger partial charge in [-0.2, -0.15) is 4.68 Å². The normalized spacial score (nSPS) is 16.9. The summed E-state index contributed by atoms with van der Waals surface area (Å²) in [5, 5.41) is 4.58. The highest BCUT2D eigenvalue weighted by Gasteiger charge is 2.30. The minimum absolute atomic E-state index is 0.129. The molecular formula is C17H11F2N3OS. The van der Waals surface area contributed by atoms with Gasteiger partial charge in [0, 0.05) is 17.2 Å². The van der Waals surface area contributed by atoms with Crippen molar-refractivity contribution in [1.82, 2.24) is 14.8 Å². The standard InChI is InChI=1S/C17H11F2N3OS/c18-12-5-1-10(2-6-12)14-9-15(23)22-17(24-14)20-16(21-22)11-3-7-13(19)8-4-11/h1-8,14H,9H2. The molecule has 1 atom stereocenters. The fourth-order valence-corrected chi connectivity index (χ4v) is 3.69. The van der Waals surface area contributed by atoms with E-state index in [1.54, 1.807) is 24.3 Å². The van der Waals surface area contributed by atoms with Gasteiger partial charge in [-0.15, -0.1) is 5.10 Å². The van der Waals surface area contributed by atoms with Crippen LogP contribution in [0.3, 0.4) is 0 Å². The van der Waals surface area contributed by atoms with Crippen molar-refractivity contribution in [3.05, 3.63) is 65.7 Å². The number of hydrogen-bond acceptors (Lipinski definition) is 4. The predicted molar refractivity (Wildman–Crippen MR) is 85.7 cm³/mol. The van der Waals surface area contributed by atoms with Crippen LogP contribution in [0.4, 0.5) is 8.78 Å². The summed E-state index contributed by atoms with van der Waals surface area (Å²) in [6.45, 7) is 0. The van der Waals surface area contributed by atoms with Crippen molar-refractivity contribution < 1.29 is 13.6 Å². The number of nitrogens with zero attached hydrogens (tertiary/aromatic N) is 3. The smallest absolute Gasteiger partial charge is 0.250 e. The Hall–Kier alpha value is -2.54. The van der Waals surface area contributed by atoms with Gasteiger partial charge in [0.2, 0.25) is 0 Å². The van der Waals surface area contributed by atoms with Gasteiger partial charge >= 0.3 is 0 Å². The van der Waals surface area contributed by atoms with Gasteiger partial charge in [0.25, 0.3) is 5.91 Å². The third kappa shape index (κ3) is 2.71. The summed E-state index contributed by atoms with van der Waals surface area (Å²) in [6.07, 6.45) is 0.259. The van der Waals surface area contributed by atoms with Crippen LogP contribution in [0.2, 0.25) is 0 Å². The van der Waals surface area contributed by atoms with E-state index in [1.807, 2.05) is 0 Å². The van der Waals surface area contributed by atoms with E-state index in [-0.39, 0.29) is 29.2 Å². The summed E-state index contributed by atoms with van der Waals surface area (Å²) >= 11 is 1.41. The van der Waals surface area contributed by atoms with E-state index in [2.05, 4.69) is 10.1 Å². The molecule has 1 aromatic heterocycles. The molecule has 0 bridgehead atoms. The molecule has 0 spiro atoms. The van der Waals surface area contributed by atoms with Crippen LogP contribution in [0.5, 0.6) is 0 Å². The summed E-state index contributed by atoms with van der Waals surface area (Å²) in [4.78, 5) is 16.7. The van der Waals surface area contributed by atoms with Crippen LogP contribution >= 0.6 is 11.8 Å². The third-order valence-electron chi connectivity index (χ3n) is 3.77. The number of fused-ring (bicyclic) bond motifs is 1. The zero-order valence-electron chi connectivity index (χ0n) is 12.3. The molecule has 0 radical (unpaired) electrons. The Balaban J connectivity index is 1.66. The average molecular weight is 343 g/mol. The molecule has 0 fully saturated rings. The first-order valence-corrected chi connectivity index (χ1v) is 8.16. The van der Waals surface area contributed by atoms with Crippen molar-refractivity contribution in [2.24, 2.45) is 0 Å². The fraction of sp³-hybridized carbons (Fsp3) is 0.118. The van der Waals surface area contributed by atoms with E-state index in [9.17, 15) is 13.6 Å². The number of halogens is 2. The zero-order chi connectivity index (χ0) is 16.7. The third-order valence-corrected chi connectivity index (χ3v) is 4.96. The first kappa shape index (κ1) is 15.0. The van der Waals surface area contributed by atoms with E-state index in [1.165, 1.54) is 40.7 Å². The highest BCUT2D eigenvalue weighted by atomic mass is 32.2. The van der Waals surface area contributed by atoms with Gasteiger partial charge in [-0.25, -0.2) is 13.8 Å². The lowest BCUT2D eigenvalue weighted by atomic mass is 10.1. The molecule has 1 aliphatic heterocycles. The highest BCUT2D eigenvalue weighted by molar-refractivity contribution is 7.99. The predicted octanol–water partition coefficient (Wildman–Crippen LogP) is 4.10. The average Bonchev–Trinajstić information content (AvgIpc) is 3.01. The second-order valence-electron chi connectivity index (χ2n) is 5.39. The molecule has 7 heteroatoms. The van der Waals surface area contributed by atoms with Crippen LogP contribution < -0.4 is 0 Å². The van der Waals surface area contributed by atoms with Crippen LogP contribution in [-0.2, 0) is 0 Å². The van der Waals surface area contributed by atoms with Crippen LogP contribution in [0, 0.1) is 11.6 Å². The van der Waals surface area contributed by atoms with Crippen molar-refractivity contribution in [3.63, 3.8) is 0 Å². The van der Waals surface area contributed by atoms with Crippen LogP contribution in [0.25, 0.3) is 11.4 Å². The first-order chi connectivity index (χ1) is 11.6. The fourth-order valence-electron chi connectivity index (χ4n) is 2.54. The molecule has 24 heavy (non-hydrogen) atoms. The number of carbonyl (C=O) groups excluding carboxylic acids is 1. The summed E-state index contributed by atoms with van der Waals surface area (Å²) in [5.41, 5.74) is 1.51. The number of aromatic nitrogens is 3. The van der Waals surface area contributed by atoms with Crippen molar-refractivity contribution in [1.29, 1.82) is 0 Å². The van der Waals surface area contributed by atoms with Gasteiger partial charge in [-0.3, -0.25) is 4.79 Å². The van der Waals surface area contributed by atoms with Crippen LogP contribution in [0.1, 0.15) is 22.0 Å². The zero-order valence-corrected chi connectivity index (χ0v) is 13.1. The van der Waals surface area contributed by atoms with E-state index >= 15 is 0 Å². The largest absolute Gasteiger partial charge is 0.272 e. The van der Waals surface area contributed by atoms with Crippen molar-refractivity contribution in [2.45, 2.75) is 16.8 Å². The van der Waals surface area contributed by atoms with Crippen molar-refractivity contribution >= 4 is 17.7 Å².